The molecule has 2 N–H and O–H groups in total. The number of phenols is 1. The summed E-state index contributed by atoms with van der Waals surface area (Å²) in [4.78, 5) is 22.2. The third-order valence-corrected chi connectivity index (χ3v) is 3.87. The number of carbonyl (C=O) groups is 1. The number of nitro benzene ring substituents is 1. The van der Waals surface area contributed by atoms with E-state index in [0.717, 1.165) is 0 Å². The monoisotopic (exact) mass is 441 g/mol. The molecular weight excluding hydrogens is 430 g/mol. The zero-order chi connectivity index (χ0) is 19.3. The van der Waals surface area contributed by atoms with Crippen molar-refractivity contribution in [2.75, 3.05) is 6.61 Å². The van der Waals surface area contributed by atoms with E-state index in [9.17, 15) is 20.0 Å². The minimum absolute atomic E-state index is 0.0175. The minimum atomic E-state index is -0.628. The average Bonchev–Trinajstić information content (AvgIpc) is 2.57. The Bertz CT molecular complexity index is 888. The van der Waals surface area contributed by atoms with Gasteiger partial charge in [0, 0.05) is 16.1 Å². The van der Waals surface area contributed by atoms with Crippen LogP contribution < -0.4 is 10.2 Å². The number of rotatable bonds is 6. The number of amides is 1. The van der Waals surface area contributed by atoms with E-state index in [1.807, 2.05) is 0 Å². The van der Waals surface area contributed by atoms with Crippen molar-refractivity contribution in [3.63, 3.8) is 0 Å². The predicted molar refractivity (Wildman–Crippen MR) is 99.9 cm³/mol. The molecule has 2 rings (SSSR count). The van der Waals surface area contributed by atoms with Crippen LogP contribution in [0.4, 0.5) is 5.69 Å². The van der Waals surface area contributed by atoms with Crippen molar-refractivity contribution >= 4 is 45.3 Å². The van der Waals surface area contributed by atoms with Gasteiger partial charge in [0.1, 0.15) is 5.75 Å². The molecule has 0 aliphatic heterocycles. The van der Waals surface area contributed by atoms with Crippen molar-refractivity contribution in [1.82, 2.24) is 5.43 Å². The molecule has 0 spiro atoms. The highest BCUT2D eigenvalue weighted by atomic mass is 79.9. The second-order valence-corrected chi connectivity index (χ2v) is 6.46. The average molecular weight is 443 g/mol. The Morgan fingerprint density at radius 1 is 1.46 bits per heavy atom. The van der Waals surface area contributed by atoms with E-state index >= 15 is 0 Å². The van der Waals surface area contributed by atoms with Crippen LogP contribution in [0.15, 0.2) is 39.9 Å². The highest BCUT2D eigenvalue weighted by molar-refractivity contribution is 9.10. The molecule has 136 valence electrons. The van der Waals surface area contributed by atoms with Crippen LogP contribution in [0.2, 0.25) is 5.02 Å². The number of hydrogen-bond acceptors (Lipinski definition) is 6. The van der Waals surface area contributed by atoms with Gasteiger partial charge in [0.2, 0.25) is 0 Å². The number of carbonyl (C=O) groups excluding carboxylic acids is 1. The van der Waals surface area contributed by atoms with Crippen molar-refractivity contribution in [1.29, 1.82) is 0 Å². The second-order valence-electron chi connectivity index (χ2n) is 5.14. The molecule has 8 nitrogen and oxygen atoms in total. The van der Waals surface area contributed by atoms with Crippen LogP contribution in [0.1, 0.15) is 11.1 Å². The number of aryl methyl sites for hydroxylation is 1. The van der Waals surface area contributed by atoms with Crippen molar-refractivity contribution in [2.24, 2.45) is 5.10 Å². The van der Waals surface area contributed by atoms with Crippen molar-refractivity contribution in [2.45, 2.75) is 6.92 Å². The van der Waals surface area contributed by atoms with Gasteiger partial charge in [0.25, 0.3) is 5.91 Å². The molecule has 0 aromatic heterocycles. The minimum Gasteiger partial charge on any atom is -0.506 e. The fourth-order valence-corrected chi connectivity index (χ4v) is 2.76. The van der Waals surface area contributed by atoms with Crippen LogP contribution in [0.3, 0.4) is 0 Å². The number of nitrogens with one attached hydrogen (secondary N) is 1. The van der Waals surface area contributed by atoms with Crippen LogP contribution in [0.25, 0.3) is 0 Å². The first-order valence-corrected chi connectivity index (χ1v) is 8.32. The molecule has 0 saturated carbocycles. The highest BCUT2D eigenvalue weighted by Gasteiger charge is 2.16. The molecule has 2 aromatic carbocycles. The molecule has 0 saturated heterocycles. The molecule has 0 aliphatic carbocycles. The van der Waals surface area contributed by atoms with Crippen molar-refractivity contribution in [3.8, 4) is 11.5 Å². The van der Waals surface area contributed by atoms with Gasteiger partial charge in [-0.05, 0) is 30.7 Å². The number of nitrogens with zero attached hydrogens (tertiary/aromatic N) is 2. The van der Waals surface area contributed by atoms with Gasteiger partial charge >= 0.3 is 5.69 Å². The van der Waals surface area contributed by atoms with Crippen LogP contribution in [0, 0.1) is 17.0 Å². The number of ether oxygens (including phenoxy) is 1. The summed E-state index contributed by atoms with van der Waals surface area (Å²) in [6, 6.07) is 7.48. The quantitative estimate of drug-likeness (QED) is 0.403. The molecule has 0 fully saturated rings. The molecule has 1 amide bonds. The van der Waals surface area contributed by atoms with E-state index in [2.05, 4.69) is 26.5 Å². The summed E-state index contributed by atoms with van der Waals surface area (Å²) in [5.41, 5.74) is 2.96. The van der Waals surface area contributed by atoms with Gasteiger partial charge in [-0.1, -0.05) is 33.6 Å². The Labute approximate surface area is 161 Å². The van der Waals surface area contributed by atoms with E-state index in [0.29, 0.717) is 15.6 Å². The third kappa shape index (κ3) is 5.17. The van der Waals surface area contributed by atoms with Gasteiger partial charge in [-0.2, -0.15) is 5.10 Å². The van der Waals surface area contributed by atoms with E-state index in [1.54, 1.807) is 19.1 Å². The van der Waals surface area contributed by atoms with Crippen molar-refractivity contribution in [3.05, 3.63) is 61.1 Å². The largest absolute Gasteiger partial charge is 0.506 e. The lowest BCUT2D eigenvalue weighted by molar-refractivity contribution is -0.385. The summed E-state index contributed by atoms with van der Waals surface area (Å²) in [6.45, 7) is 1.24. The Hall–Kier alpha value is -2.65. The number of benzene rings is 2. The fraction of sp³-hybridized carbons (Fsp3) is 0.125. The number of phenolic OH excluding ortho intramolecular Hbond substituents is 1. The molecule has 0 unspecified atom stereocenters. The molecule has 0 aliphatic rings. The predicted octanol–water partition coefficient (Wildman–Crippen LogP) is 3.55. The lowest BCUT2D eigenvalue weighted by atomic mass is 10.2. The van der Waals surface area contributed by atoms with E-state index < -0.39 is 17.4 Å². The summed E-state index contributed by atoms with van der Waals surface area (Å²) in [5.74, 6) is -0.827. The standard InChI is InChI=1S/C16H13BrClN3O5/c1-9-2-3-14(13(4-9)21(24)25)26-8-15(22)20-19-7-10-5-11(17)6-12(18)16(10)23/h2-7,23H,8H2,1H3,(H,20,22). The summed E-state index contributed by atoms with van der Waals surface area (Å²) in [6.07, 6.45) is 1.21. The van der Waals surface area contributed by atoms with Gasteiger partial charge < -0.3 is 9.84 Å². The first-order chi connectivity index (χ1) is 12.3. The topological polar surface area (TPSA) is 114 Å². The van der Waals surface area contributed by atoms with Gasteiger partial charge in [-0.15, -0.1) is 0 Å². The molecular formula is C16H13BrClN3O5. The third-order valence-electron chi connectivity index (χ3n) is 3.12. The first kappa shape index (κ1) is 19.7. The highest BCUT2D eigenvalue weighted by Crippen LogP contribution is 2.30. The van der Waals surface area contributed by atoms with Crippen LogP contribution in [-0.4, -0.2) is 28.8 Å². The summed E-state index contributed by atoms with van der Waals surface area (Å²) in [7, 11) is 0. The number of nitro groups is 1. The SMILES string of the molecule is Cc1ccc(OCC(=O)NN=Cc2cc(Br)cc(Cl)c2O)c([N+](=O)[O-])c1. The van der Waals surface area contributed by atoms with Gasteiger partial charge in [0.15, 0.2) is 12.4 Å². The maximum absolute atomic E-state index is 11.8. The first-order valence-electron chi connectivity index (χ1n) is 7.15. The zero-order valence-electron chi connectivity index (χ0n) is 13.4. The lowest BCUT2D eigenvalue weighted by Crippen LogP contribution is -2.24. The number of aromatic hydroxyl groups is 1. The second kappa shape index (κ2) is 8.63. The van der Waals surface area contributed by atoms with Gasteiger partial charge in [-0.3, -0.25) is 14.9 Å². The smallest absolute Gasteiger partial charge is 0.311 e. The maximum atomic E-state index is 11.8. The fourth-order valence-electron chi connectivity index (χ4n) is 1.93. The van der Waals surface area contributed by atoms with E-state index in [-0.39, 0.29) is 22.2 Å². The van der Waals surface area contributed by atoms with Gasteiger partial charge in [-0.25, -0.2) is 5.43 Å². The number of hydrogen-bond donors (Lipinski definition) is 2. The molecule has 0 bridgehead atoms. The zero-order valence-corrected chi connectivity index (χ0v) is 15.7. The molecule has 10 heteroatoms. The molecule has 2 aromatic rings. The van der Waals surface area contributed by atoms with Crippen molar-refractivity contribution < 1.29 is 19.6 Å². The number of halogens is 2. The molecule has 0 atom stereocenters. The molecule has 26 heavy (non-hydrogen) atoms. The Kier molecular flexibility index (Phi) is 6.53. The van der Waals surface area contributed by atoms with Crippen LogP contribution in [0.5, 0.6) is 11.5 Å². The van der Waals surface area contributed by atoms with E-state index in [1.165, 1.54) is 24.4 Å². The molecule has 0 radical (unpaired) electrons. The Morgan fingerprint density at radius 2 is 2.19 bits per heavy atom. The number of hydrazone groups is 1. The lowest BCUT2D eigenvalue weighted by Gasteiger charge is -2.06. The molecule has 0 heterocycles. The Balaban J connectivity index is 1.97. The summed E-state index contributed by atoms with van der Waals surface area (Å²) >= 11 is 9.05. The van der Waals surface area contributed by atoms with Crippen LogP contribution >= 0.6 is 27.5 Å². The van der Waals surface area contributed by atoms with Gasteiger partial charge in [0.05, 0.1) is 16.2 Å². The summed E-state index contributed by atoms with van der Waals surface area (Å²) < 4.78 is 5.80. The Morgan fingerprint density at radius 3 is 2.88 bits per heavy atom. The maximum Gasteiger partial charge on any atom is 0.311 e. The normalized spacial score (nSPS) is 10.7. The van der Waals surface area contributed by atoms with E-state index in [4.69, 9.17) is 16.3 Å². The van der Waals surface area contributed by atoms with Crippen LogP contribution in [-0.2, 0) is 4.79 Å². The summed E-state index contributed by atoms with van der Waals surface area (Å²) in [5, 5.41) is 24.6.